The van der Waals surface area contributed by atoms with E-state index in [0.717, 1.165) is 17.2 Å². The zero-order valence-corrected chi connectivity index (χ0v) is 9.90. The molecule has 0 radical (unpaired) electrons. The summed E-state index contributed by atoms with van der Waals surface area (Å²) in [6, 6.07) is 1.62. The Morgan fingerprint density at radius 3 is 2.25 bits per heavy atom. The normalized spacial score (nSPS) is 16.1. The summed E-state index contributed by atoms with van der Waals surface area (Å²) in [7, 11) is 0. The number of halogens is 3. The summed E-state index contributed by atoms with van der Waals surface area (Å²) in [5.41, 5.74) is -1.25. The van der Waals surface area contributed by atoms with Crippen LogP contribution >= 0.6 is 0 Å². The van der Waals surface area contributed by atoms with E-state index in [1.54, 1.807) is 0 Å². The number of nitrogens with zero attached hydrogens (tertiary/aromatic N) is 2. The Labute approximate surface area is 110 Å². The van der Waals surface area contributed by atoms with Crippen LogP contribution in [0.1, 0.15) is 16.1 Å². The number of imide groups is 1. The third-order valence-electron chi connectivity index (χ3n) is 2.54. The standard InChI is InChI=1S/C11H8F3N3O3/c12-11(13,14)7-2-1-6(3-15-7)10(20)17-4-8(18)16-9(19)5-17/h1-3H,4-5H2,(H,16,18,19). The quantitative estimate of drug-likeness (QED) is 0.748. The minimum Gasteiger partial charge on any atom is -0.320 e. The van der Waals surface area contributed by atoms with Crippen LogP contribution in [-0.2, 0) is 15.8 Å². The fourth-order valence-electron chi connectivity index (χ4n) is 1.65. The smallest absolute Gasteiger partial charge is 0.320 e. The number of nitrogens with one attached hydrogen (secondary N) is 1. The average Bonchev–Trinajstić information content (AvgIpc) is 2.36. The van der Waals surface area contributed by atoms with Crippen LogP contribution in [0.5, 0.6) is 0 Å². The van der Waals surface area contributed by atoms with Crippen LogP contribution < -0.4 is 5.32 Å². The Morgan fingerprint density at radius 1 is 1.20 bits per heavy atom. The second-order valence-corrected chi connectivity index (χ2v) is 4.06. The molecule has 106 valence electrons. The predicted molar refractivity (Wildman–Crippen MR) is 58.3 cm³/mol. The second kappa shape index (κ2) is 4.91. The molecular weight excluding hydrogens is 279 g/mol. The molecule has 1 aliphatic heterocycles. The van der Waals surface area contributed by atoms with Crippen molar-refractivity contribution in [2.24, 2.45) is 0 Å². The molecule has 1 fully saturated rings. The number of aromatic nitrogens is 1. The zero-order valence-electron chi connectivity index (χ0n) is 9.90. The number of carbonyl (C=O) groups is 3. The molecule has 3 amide bonds. The average molecular weight is 287 g/mol. The van der Waals surface area contributed by atoms with Gasteiger partial charge in [0.25, 0.3) is 5.91 Å². The van der Waals surface area contributed by atoms with Crippen molar-refractivity contribution < 1.29 is 27.6 Å². The summed E-state index contributed by atoms with van der Waals surface area (Å²) in [5.74, 6) is -2.02. The van der Waals surface area contributed by atoms with Gasteiger partial charge < -0.3 is 4.90 Å². The summed E-state index contributed by atoms with van der Waals surface area (Å²) in [6.07, 6.45) is -3.83. The molecule has 0 aromatic carbocycles. The molecule has 0 atom stereocenters. The SMILES string of the molecule is O=C1CN(C(=O)c2ccc(C(F)(F)F)nc2)CC(=O)N1. The first kappa shape index (κ1) is 14.0. The highest BCUT2D eigenvalue weighted by Crippen LogP contribution is 2.27. The van der Waals surface area contributed by atoms with E-state index < -0.39 is 29.6 Å². The number of piperazine rings is 1. The minimum absolute atomic E-state index is 0.125. The minimum atomic E-state index is -4.59. The molecule has 0 saturated carbocycles. The Morgan fingerprint density at radius 2 is 1.80 bits per heavy atom. The van der Waals surface area contributed by atoms with Gasteiger partial charge in [0, 0.05) is 6.20 Å². The highest BCUT2D eigenvalue weighted by molar-refractivity contribution is 6.05. The van der Waals surface area contributed by atoms with E-state index in [2.05, 4.69) is 4.98 Å². The lowest BCUT2D eigenvalue weighted by molar-refractivity contribution is -0.141. The zero-order chi connectivity index (χ0) is 14.9. The molecule has 1 aromatic rings. The summed E-state index contributed by atoms with van der Waals surface area (Å²) < 4.78 is 37.0. The lowest BCUT2D eigenvalue weighted by Gasteiger charge is -2.25. The van der Waals surface area contributed by atoms with Gasteiger partial charge in [0.15, 0.2) is 0 Å². The first-order chi connectivity index (χ1) is 9.27. The summed E-state index contributed by atoms with van der Waals surface area (Å²) >= 11 is 0. The van der Waals surface area contributed by atoms with Crippen LogP contribution in [0.3, 0.4) is 0 Å². The molecular formula is C11H8F3N3O3. The molecule has 0 aliphatic carbocycles. The predicted octanol–water partition coefficient (Wildman–Crippen LogP) is 0.199. The second-order valence-electron chi connectivity index (χ2n) is 4.06. The van der Waals surface area contributed by atoms with Crippen molar-refractivity contribution in [3.05, 3.63) is 29.6 Å². The van der Waals surface area contributed by atoms with Crippen LogP contribution in [-0.4, -0.2) is 40.7 Å². The lowest BCUT2D eigenvalue weighted by atomic mass is 10.2. The van der Waals surface area contributed by atoms with Crippen molar-refractivity contribution in [2.75, 3.05) is 13.1 Å². The fraction of sp³-hybridized carbons (Fsp3) is 0.273. The summed E-state index contributed by atoms with van der Waals surface area (Å²) in [6.45, 7) is -0.656. The fourth-order valence-corrected chi connectivity index (χ4v) is 1.65. The number of alkyl halides is 3. The molecule has 2 rings (SSSR count). The van der Waals surface area contributed by atoms with Crippen LogP contribution in [0.15, 0.2) is 18.3 Å². The Balaban J connectivity index is 2.17. The monoisotopic (exact) mass is 287 g/mol. The van der Waals surface area contributed by atoms with Gasteiger partial charge in [-0.15, -0.1) is 0 Å². The van der Waals surface area contributed by atoms with Gasteiger partial charge in [-0.1, -0.05) is 0 Å². The van der Waals surface area contributed by atoms with Crippen LogP contribution in [0.2, 0.25) is 0 Å². The molecule has 1 aliphatic rings. The third kappa shape index (κ3) is 2.92. The van der Waals surface area contributed by atoms with Crippen molar-refractivity contribution in [3.8, 4) is 0 Å². The van der Waals surface area contributed by atoms with E-state index in [1.165, 1.54) is 0 Å². The maximum Gasteiger partial charge on any atom is 0.433 e. The molecule has 9 heteroatoms. The molecule has 1 saturated heterocycles. The van der Waals surface area contributed by atoms with Crippen molar-refractivity contribution in [1.82, 2.24) is 15.2 Å². The number of amides is 3. The van der Waals surface area contributed by atoms with Gasteiger partial charge in [-0.25, -0.2) is 0 Å². The number of carbonyl (C=O) groups excluding carboxylic acids is 3. The molecule has 0 spiro atoms. The Kier molecular flexibility index (Phi) is 3.43. The van der Waals surface area contributed by atoms with Crippen LogP contribution in [0, 0.1) is 0 Å². The van der Waals surface area contributed by atoms with Gasteiger partial charge in [0.2, 0.25) is 11.8 Å². The van der Waals surface area contributed by atoms with Gasteiger partial charge in [-0.2, -0.15) is 13.2 Å². The summed E-state index contributed by atoms with van der Waals surface area (Å²) in [5, 5.41) is 2.01. The van der Waals surface area contributed by atoms with E-state index in [-0.39, 0.29) is 18.7 Å². The van der Waals surface area contributed by atoms with Gasteiger partial charge in [-0.3, -0.25) is 24.7 Å². The molecule has 20 heavy (non-hydrogen) atoms. The molecule has 0 unspecified atom stereocenters. The number of hydrogen-bond acceptors (Lipinski definition) is 4. The van der Waals surface area contributed by atoms with Crippen molar-refractivity contribution >= 4 is 17.7 Å². The lowest BCUT2D eigenvalue weighted by Crippen LogP contribution is -2.53. The maximum absolute atomic E-state index is 12.3. The van der Waals surface area contributed by atoms with Crippen molar-refractivity contribution in [2.45, 2.75) is 6.18 Å². The van der Waals surface area contributed by atoms with E-state index in [0.29, 0.717) is 6.07 Å². The topological polar surface area (TPSA) is 79.4 Å². The van der Waals surface area contributed by atoms with Gasteiger partial charge in [-0.05, 0) is 12.1 Å². The highest BCUT2D eigenvalue weighted by atomic mass is 19.4. The van der Waals surface area contributed by atoms with Crippen molar-refractivity contribution in [1.29, 1.82) is 0 Å². The van der Waals surface area contributed by atoms with Gasteiger partial charge >= 0.3 is 6.18 Å². The van der Waals surface area contributed by atoms with E-state index in [1.807, 2.05) is 5.32 Å². The summed E-state index contributed by atoms with van der Waals surface area (Å²) in [4.78, 5) is 38.2. The number of hydrogen-bond donors (Lipinski definition) is 1. The Hall–Kier alpha value is -2.45. The number of pyridine rings is 1. The van der Waals surface area contributed by atoms with E-state index in [9.17, 15) is 27.6 Å². The van der Waals surface area contributed by atoms with E-state index >= 15 is 0 Å². The highest BCUT2D eigenvalue weighted by Gasteiger charge is 2.33. The Bertz CT molecular complexity index is 553. The van der Waals surface area contributed by atoms with Crippen molar-refractivity contribution in [3.63, 3.8) is 0 Å². The third-order valence-corrected chi connectivity index (χ3v) is 2.54. The van der Waals surface area contributed by atoms with Gasteiger partial charge in [0.05, 0.1) is 5.56 Å². The van der Waals surface area contributed by atoms with Gasteiger partial charge in [0.1, 0.15) is 18.8 Å². The molecule has 2 heterocycles. The molecule has 6 nitrogen and oxygen atoms in total. The number of rotatable bonds is 1. The molecule has 1 N–H and O–H groups in total. The molecule has 1 aromatic heterocycles. The maximum atomic E-state index is 12.3. The van der Waals surface area contributed by atoms with E-state index in [4.69, 9.17) is 0 Å². The molecule has 0 bridgehead atoms. The first-order valence-electron chi connectivity index (χ1n) is 5.42. The largest absolute Gasteiger partial charge is 0.433 e. The first-order valence-corrected chi connectivity index (χ1v) is 5.42. The van der Waals surface area contributed by atoms with Crippen LogP contribution in [0.4, 0.5) is 13.2 Å². The van der Waals surface area contributed by atoms with Crippen LogP contribution in [0.25, 0.3) is 0 Å².